The number of amides is 2. The van der Waals surface area contributed by atoms with Gasteiger partial charge in [0.1, 0.15) is 0 Å². The third-order valence-electron chi connectivity index (χ3n) is 4.51. The van der Waals surface area contributed by atoms with Gasteiger partial charge in [0, 0.05) is 25.4 Å². The average Bonchev–Trinajstić information content (AvgIpc) is 2.52. The van der Waals surface area contributed by atoms with Gasteiger partial charge in [0.25, 0.3) is 0 Å². The van der Waals surface area contributed by atoms with Crippen LogP contribution >= 0.6 is 0 Å². The van der Waals surface area contributed by atoms with Crippen molar-refractivity contribution in [2.75, 3.05) is 6.54 Å². The molecule has 0 rings (SSSR count). The van der Waals surface area contributed by atoms with Gasteiger partial charge in [-0.25, -0.2) is 0 Å². The Morgan fingerprint density at radius 1 is 0.792 bits per heavy atom. The molecule has 0 aliphatic carbocycles. The Labute approximate surface area is 149 Å². The Bertz CT molecular complexity index is 330. The van der Waals surface area contributed by atoms with Gasteiger partial charge in [0.05, 0.1) is 0 Å². The van der Waals surface area contributed by atoms with Gasteiger partial charge in [0.15, 0.2) is 0 Å². The maximum absolute atomic E-state index is 12.4. The second-order valence-electron chi connectivity index (χ2n) is 7.18. The van der Waals surface area contributed by atoms with Crippen LogP contribution in [0.1, 0.15) is 104 Å². The molecule has 0 fully saturated rings. The summed E-state index contributed by atoms with van der Waals surface area (Å²) in [5, 5.41) is 0. The van der Waals surface area contributed by atoms with E-state index >= 15 is 0 Å². The van der Waals surface area contributed by atoms with E-state index in [4.69, 9.17) is 5.73 Å². The molecule has 0 atom stereocenters. The lowest BCUT2D eigenvalue weighted by molar-refractivity contribution is -0.133. The summed E-state index contributed by atoms with van der Waals surface area (Å²) in [5.74, 6) is 0.107. The number of hydrogen-bond donors (Lipinski definition) is 1. The summed E-state index contributed by atoms with van der Waals surface area (Å²) in [4.78, 5) is 25.1. The zero-order valence-corrected chi connectivity index (χ0v) is 16.3. The summed E-state index contributed by atoms with van der Waals surface area (Å²) >= 11 is 0. The molecule has 0 unspecified atom stereocenters. The predicted molar refractivity (Wildman–Crippen MR) is 102 cm³/mol. The van der Waals surface area contributed by atoms with Crippen molar-refractivity contribution in [1.29, 1.82) is 0 Å². The molecule has 2 amide bonds. The molecule has 24 heavy (non-hydrogen) atoms. The molecule has 0 saturated carbocycles. The maximum Gasteiger partial charge on any atom is 0.222 e. The minimum atomic E-state index is -0.207. The number of hydrogen-bond acceptors (Lipinski definition) is 2. The van der Waals surface area contributed by atoms with E-state index < -0.39 is 0 Å². The zero-order valence-electron chi connectivity index (χ0n) is 16.3. The summed E-state index contributed by atoms with van der Waals surface area (Å²) in [7, 11) is 0. The molecule has 0 bridgehead atoms. The summed E-state index contributed by atoms with van der Waals surface area (Å²) in [6.45, 7) is 7.29. The van der Waals surface area contributed by atoms with Crippen molar-refractivity contribution in [3.63, 3.8) is 0 Å². The van der Waals surface area contributed by atoms with Crippen LogP contribution in [0, 0.1) is 0 Å². The molecule has 0 spiro atoms. The first-order valence-electron chi connectivity index (χ1n) is 10.1. The van der Waals surface area contributed by atoms with Crippen molar-refractivity contribution in [2.45, 2.75) is 110 Å². The number of rotatable bonds is 16. The molecule has 142 valence electrons. The van der Waals surface area contributed by atoms with Crippen molar-refractivity contribution in [2.24, 2.45) is 5.73 Å². The highest BCUT2D eigenvalue weighted by atomic mass is 16.2. The fourth-order valence-corrected chi connectivity index (χ4v) is 2.98. The Hall–Kier alpha value is -1.06. The van der Waals surface area contributed by atoms with Crippen LogP contribution in [0.25, 0.3) is 0 Å². The molecular weight excluding hydrogens is 300 g/mol. The SMILES string of the molecule is CCCCCCCCC(=O)N(CCCCCCCC(N)=O)C(C)C. The number of unbranched alkanes of at least 4 members (excludes halogenated alkanes) is 9. The topological polar surface area (TPSA) is 63.4 Å². The average molecular weight is 341 g/mol. The number of carbonyl (C=O) groups excluding carboxylic acids is 2. The Morgan fingerprint density at radius 2 is 1.29 bits per heavy atom. The molecule has 4 nitrogen and oxygen atoms in total. The van der Waals surface area contributed by atoms with Gasteiger partial charge in [-0.1, -0.05) is 58.3 Å². The van der Waals surface area contributed by atoms with Crippen molar-refractivity contribution < 1.29 is 9.59 Å². The highest BCUT2D eigenvalue weighted by Gasteiger charge is 2.15. The Morgan fingerprint density at radius 3 is 1.83 bits per heavy atom. The van der Waals surface area contributed by atoms with Crippen molar-refractivity contribution in [1.82, 2.24) is 4.90 Å². The monoisotopic (exact) mass is 340 g/mol. The third-order valence-corrected chi connectivity index (χ3v) is 4.51. The first-order chi connectivity index (χ1) is 11.5. The Balaban J connectivity index is 3.78. The van der Waals surface area contributed by atoms with Gasteiger partial charge in [-0.05, 0) is 33.1 Å². The number of carbonyl (C=O) groups is 2. The van der Waals surface area contributed by atoms with E-state index in [2.05, 4.69) is 20.8 Å². The van der Waals surface area contributed by atoms with Crippen molar-refractivity contribution >= 4 is 11.8 Å². The van der Waals surface area contributed by atoms with Gasteiger partial charge < -0.3 is 10.6 Å². The van der Waals surface area contributed by atoms with Gasteiger partial charge in [-0.2, -0.15) is 0 Å². The number of nitrogens with zero attached hydrogens (tertiary/aromatic N) is 1. The van der Waals surface area contributed by atoms with E-state index in [9.17, 15) is 9.59 Å². The van der Waals surface area contributed by atoms with Gasteiger partial charge >= 0.3 is 0 Å². The summed E-state index contributed by atoms with van der Waals surface area (Å²) < 4.78 is 0. The third kappa shape index (κ3) is 13.4. The molecule has 0 aromatic carbocycles. The van der Waals surface area contributed by atoms with Crippen molar-refractivity contribution in [3.05, 3.63) is 0 Å². The van der Waals surface area contributed by atoms with Crippen LogP contribution in [0.15, 0.2) is 0 Å². The van der Waals surface area contributed by atoms with E-state index in [0.717, 1.165) is 45.1 Å². The summed E-state index contributed by atoms with van der Waals surface area (Å²) in [6, 6.07) is 0.285. The van der Waals surface area contributed by atoms with Crippen LogP contribution < -0.4 is 5.73 Å². The molecule has 0 aromatic heterocycles. The first-order valence-corrected chi connectivity index (χ1v) is 10.1. The summed E-state index contributed by atoms with van der Waals surface area (Å²) in [5.41, 5.74) is 5.13. The van der Waals surface area contributed by atoms with E-state index in [-0.39, 0.29) is 11.9 Å². The molecule has 0 heterocycles. The van der Waals surface area contributed by atoms with E-state index in [1.54, 1.807) is 0 Å². The van der Waals surface area contributed by atoms with Gasteiger partial charge in [-0.15, -0.1) is 0 Å². The predicted octanol–water partition coefficient (Wildman–Crippen LogP) is 4.80. The summed E-state index contributed by atoms with van der Waals surface area (Å²) in [6.07, 6.45) is 13.8. The van der Waals surface area contributed by atoms with Gasteiger partial charge in [-0.3, -0.25) is 9.59 Å². The van der Waals surface area contributed by atoms with Crippen LogP contribution in [0.4, 0.5) is 0 Å². The molecule has 0 aliphatic heterocycles. The number of primary amides is 1. The molecule has 0 radical (unpaired) electrons. The maximum atomic E-state index is 12.4. The molecule has 0 aliphatic rings. The fraction of sp³-hybridized carbons (Fsp3) is 0.900. The number of nitrogens with two attached hydrogens (primary N) is 1. The lowest BCUT2D eigenvalue weighted by atomic mass is 10.1. The standard InChI is InChI=1S/C20H40N2O2/c1-4-5-6-7-10-13-16-20(24)22(18(2)3)17-14-11-8-9-12-15-19(21)23/h18H,4-17H2,1-3H3,(H2,21,23). The molecule has 0 aromatic rings. The smallest absolute Gasteiger partial charge is 0.222 e. The second-order valence-corrected chi connectivity index (χ2v) is 7.18. The second kappa shape index (κ2) is 15.5. The van der Waals surface area contributed by atoms with E-state index in [0.29, 0.717) is 18.7 Å². The van der Waals surface area contributed by atoms with Crippen LogP contribution in [0.5, 0.6) is 0 Å². The lowest BCUT2D eigenvalue weighted by Gasteiger charge is -2.27. The lowest BCUT2D eigenvalue weighted by Crippen LogP contribution is -2.37. The highest BCUT2D eigenvalue weighted by molar-refractivity contribution is 5.76. The van der Waals surface area contributed by atoms with Crippen LogP contribution in [0.2, 0.25) is 0 Å². The largest absolute Gasteiger partial charge is 0.370 e. The Kier molecular flexibility index (Phi) is 14.8. The fourth-order valence-electron chi connectivity index (χ4n) is 2.98. The van der Waals surface area contributed by atoms with Crippen LogP contribution in [-0.2, 0) is 9.59 Å². The normalized spacial score (nSPS) is 11.0. The quantitative estimate of drug-likeness (QED) is 0.410. The first kappa shape index (κ1) is 22.9. The van der Waals surface area contributed by atoms with E-state index in [1.165, 1.54) is 32.1 Å². The van der Waals surface area contributed by atoms with Crippen LogP contribution in [0.3, 0.4) is 0 Å². The van der Waals surface area contributed by atoms with Crippen molar-refractivity contribution in [3.8, 4) is 0 Å². The minimum absolute atomic E-state index is 0.207. The zero-order chi connectivity index (χ0) is 18.2. The van der Waals surface area contributed by atoms with Gasteiger partial charge in [0.2, 0.25) is 11.8 Å². The molecular formula is C20H40N2O2. The molecule has 0 saturated heterocycles. The van der Waals surface area contributed by atoms with E-state index in [1.807, 2.05) is 4.90 Å². The molecule has 2 N–H and O–H groups in total. The highest BCUT2D eigenvalue weighted by Crippen LogP contribution is 2.12. The van der Waals surface area contributed by atoms with Crippen LogP contribution in [-0.4, -0.2) is 29.3 Å². The molecule has 4 heteroatoms. The minimum Gasteiger partial charge on any atom is -0.370 e.